The molecule has 0 aliphatic heterocycles. The molecule has 0 spiro atoms. The van der Waals surface area contributed by atoms with Crippen molar-refractivity contribution in [3.63, 3.8) is 0 Å². The van der Waals surface area contributed by atoms with Crippen molar-refractivity contribution < 1.29 is 0 Å². The van der Waals surface area contributed by atoms with E-state index in [1.165, 1.54) is 0 Å². The molecule has 1 heterocycles. The van der Waals surface area contributed by atoms with E-state index < -0.39 is 5.41 Å². The molecule has 0 saturated carbocycles. The van der Waals surface area contributed by atoms with Crippen LogP contribution in [0.1, 0.15) is 18.3 Å². The monoisotopic (exact) mass is 331 g/mol. The number of nitrogens with zero attached hydrogens (tertiary/aromatic N) is 3. The molecule has 2 rings (SSSR count). The third kappa shape index (κ3) is 3.11. The zero-order valence-corrected chi connectivity index (χ0v) is 13.5. The minimum Gasteiger partial charge on any atom is -0.250 e. The summed E-state index contributed by atoms with van der Waals surface area (Å²) < 4.78 is 1.86. The van der Waals surface area contributed by atoms with Crippen LogP contribution in [0.25, 0.3) is 0 Å². The minimum atomic E-state index is -0.395. The van der Waals surface area contributed by atoms with Crippen LogP contribution in [0.2, 0.25) is 5.02 Å². The van der Waals surface area contributed by atoms with Crippen molar-refractivity contribution in [1.82, 2.24) is 14.8 Å². The van der Waals surface area contributed by atoms with E-state index in [4.69, 9.17) is 34.8 Å². The quantitative estimate of drug-likeness (QED) is 0.751. The summed E-state index contributed by atoms with van der Waals surface area (Å²) >= 11 is 18.6. The normalized spacial score (nSPS) is 11.8. The number of halogens is 3. The standard InChI is InChI=1S/C14H16Cl3N3/c1-2-20-13(18-10-19-20)7-14(8-15,9-16)11-4-3-5-12(17)6-11/h3-6,10H,2,7-9H2,1H3. The first-order valence-electron chi connectivity index (χ1n) is 6.40. The Balaban J connectivity index is 2.39. The number of aromatic nitrogens is 3. The van der Waals surface area contributed by atoms with Crippen molar-refractivity contribution in [2.24, 2.45) is 0 Å². The van der Waals surface area contributed by atoms with Gasteiger partial charge in [-0.2, -0.15) is 5.10 Å². The highest BCUT2D eigenvalue weighted by atomic mass is 35.5. The van der Waals surface area contributed by atoms with Gasteiger partial charge < -0.3 is 0 Å². The molecule has 0 aliphatic carbocycles. The second-order valence-corrected chi connectivity index (χ2v) is 5.70. The first-order valence-corrected chi connectivity index (χ1v) is 7.84. The Labute approximate surface area is 133 Å². The van der Waals surface area contributed by atoms with Crippen LogP contribution in [0.3, 0.4) is 0 Å². The van der Waals surface area contributed by atoms with Gasteiger partial charge in [0.15, 0.2) is 0 Å². The fourth-order valence-corrected chi connectivity index (χ4v) is 3.17. The number of aryl methyl sites for hydroxylation is 1. The van der Waals surface area contributed by atoms with Gasteiger partial charge in [-0.15, -0.1) is 23.2 Å². The molecule has 0 unspecified atom stereocenters. The molecule has 6 heteroatoms. The molecule has 0 fully saturated rings. The molecule has 0 bridgehead atoms. The Morgan fingerprint density at radius 1 is 1.25 bits per heavy atom. The average Bonchev–Trinajstić information content (AvgIpc) is 2.92. The van der Waals surface area contributed by atoms with Gasteiger partial charge in [0, 0.05) is 35.2 Å². The zero-order valence-electron chi connectivity index (χ0n) is 11.2. The molecule has 1 aromatic carbocycles. The molecule has 0 saturated heterocycles. The molecule has 20 heavy (non-hydrogen) atoms. The van der Waals surface area contributed by atoms with E-state index in [1.54, 1.807) is 6.33 Å². The van der Waals surface area contributed by atoms with Crippen LogP contribution >= 0.6 is 34.8 Å². The fourth-order valence-electron chi connectivity index (χ4n) is 2.20. The average molecular weight is 333 g/mol. The summed E-state index contributed by atoms with van der Waals surface area (Å²) in [7, 11) is 0. The second kappa shape index (κ2) is 6.79. The van der Waals surface area contributed by atoms with Gasteiger partial charge in [-0.05, 0) is 24.6 Å². The topological polar surface area (TPSA) is 30.7 Å². The van der Waals surface area contributed by atoms with Gasteiger partial charge in [-0.25, -0.2) is 4.98 Å². The molecule has 3 nitrogen and oxygen atoms in total. The molecule has 2 aromatic rings. The Kier molecular flexibility index (Phi) is 5.30. The lowest BCUT2D eigenvalue weighted by atomic mass is 9.81. The molecule has 0 amide bonds. The highest BCUT2D eigenvalue weighted by Crippen LogP contribution is 2.32. The number of benzene rings is 1. The second-order valence-electron chi connectivity index (χ2n) is 4.73. The van der Waals surface area contributed by atoms with Gasteiger partial charge in [-0.3, -0.25) is 4.68 Å². The maximum atomic E-state index is 6.24. The van der Waals surface area contributed by atoms with E-state index in [-0.39, 0.29) is 0 Å². The first kappa shape index (κ1) is 15.6. The molecule has 1 aromatic heterocycles. The Bertz CT molecular complexity index is 564. The van der Waals surface area contributed by atoms with Crippen LogP contribution in [0, 0.1) is 0 Å². The van der Waals surface area contributed by atoms with Crippen molar-refractivity contribution in [1.29, 1.82) is 0 Å². The summed E-state index contributed by atoms with van der Waals surface area (Å²) in [4.78, 5) is 4.32. The predicted molar refractivity (Wildman–Crippen MR) is 84.0 cm³/mol. The van der Waals surface area contributed by atoms with E-state index in [2.05, 4.69) is 10.1 Å². The van der Waals surface area contributed by atoms with E-state index >= 15 is 0 Å². The van der Waals surface area contributed by atoms with Gasteiger partial charge >= 0.3 is 0 Å². The third-order valence-electron chi connectivity index (χ3n) is 3.44. The molecular formula is C14H16Cl3N3. The third-order valence-corrected chi connectivity index (χ3v) is 4.70. The predicted octanol–water partition coefficient (Wildman–Crippen LogP) is 3.91. The number of rotatable bonds is 6. The van der Waals surface area contributed by atoms with Crippen molar-refractivity contribution in [2.45, 2.75) is 25.3 Å². The van der Waals surface area contributed by atoms with Crippen molar-refractivity contribution in [2.75, 3.05) is 11.8 Å². The Morgan fingerprint density at radius 2 is 2.00 bits per heavy atom. The van der Waals surface area contributed by atoms with E-state index in [9.17, 15) is 0 Å². The molecule has 108 valence electrons. The summed E-state index contributed by atoms with van der Waals surface area (Å²) in [5, 5.41) is 4.87. The maximum absolute atomic E-state index is 6.24. The van der Waals surface area contributed by atoms with Crippen molar-refractivity contribution in [3.8, 4) is 0 Å². The van der Waals surface area contributed by atoms with Crippen LogP contribution in [-0.4, -0.2) is 26.5 Å². The summed E-state index contributed by atoms with van der Waals surface area (Å²) in [6.45, 7) is 2.80. The maximum Gasteiger partial charge on any atom is 0.138 e. The zero-order chi connectivity index (χ0) is 14.6. The van der Waals surface area contributed by atoms with E-state index in [0.717, 1.165) is 17.9 Å². The summed E-state index contributed by atoms with van der Waals surface area (Å²) in [5.41, 5.74) is 0.634. The molecule has 0 atom stereocenters. The number of hydrogen-bond acceptors (Lipinski definition) is 2. The van der Waals surface area contributed by atoms with E-state index in [0.29, 0.717) is 23.2 Å². The van der Waals surface area contributed by atoms with Gasteiger partial charge in [0.05, 0.1) is 0 Å². The summed E-state index contributed by atoms with van der Waals surface area (Å²) in [5.74, 6) is 1.68. The number of alkyl halides is 2. The molecular weight excluding hydrogens is 317 g/mol. The van der Waals surface area contributed by atoms with Crippen molar-refractivity contribution >= 4 is 34.8 Å². The number of hydrogen-bond donors (Lipinski definition) is 0. The van der Waals surface area contributed by atoms with Gasteiger partial charge in [-0.1, -0.05) is 23.7 Å². The van der Waals surface area contributed by atoms with E-state index in [1.807, 2.05) is 35.9 Å². The smallest absolute Gasteiger partial charge is 0.138 e. The van der Waals surface area contributed by atoms with Crippen LogP contribution < -0.4 is 0 Å². The lowest BCUT2D eigenvalue weighted by molar-refractivity contribution is 0.490. The lowest BCUT2D eigenvalue weighted by Gasteiger charge is -2.30. The van der Waals surface area contributed by atoms with Crippen LogP contribution in [-0.2, 0) is 18.4 Å². The summed E-state index contributed by atoms with van der Waals surface area (Å²) in [6, 6.07) is 7.67. The SMILES string of the molecule is CCn1ncnc1CC(CCl)(CCl)c1cccc(Cl)c1. The Morgan fingerprint density at radius 3 is 2.60 bits per heavy atom. The van der Waals surface area contributed by atoms with Gasteiger partial charge in [0.2, 0.25) is 0 Å². The largest absolute Gasteiger partial charge is 0.250 e. The van der Waals surface area contributed by atoms with Crippen LogP contribution in [0.5, 0.6) is 0 Å². The van der Waals surface area contributed by atoms with Crippen LogP contribution in [0.15, 0.2) is 30.6 Å². The highest BCUT2D eigenvalue weighted by molar-refractivity contribution is 6.30. The van der Waals surface area contributed by atoms with Gasteiger partial charge in [0.1, 0.15) is 12.2 Å². The Hall–Kier alpha value is -0.770. The fraction of sp³-hybridized carbons (Fsp3) is 0.429. The molecule has 0 N–H and O–H groups in total. The molecule has 0 aliphatic rings. The van der Waals surface area contributed by atoms with Crippen LogP contribution in [0.4, 0.5) is 0 Å². The first-order chi connectivity index (χ1) is 9.65. The molecule has 0 radical (unpaired) electrons. The highest BCUT2D eigenvalue weighted by Gasteiger charge is 2.33. The van der Waals surface area contributed by atoms with Gasteiger partial charge in [0.25, 0.3) is 0 Å². The lowest BCUT2D eigenvalue weighted by Crippen LogP contribution is -2.34. The minimum absolute atomic E-state index is 0.395. The van der Waals surface area contributed by atoms with Crippen molar-refractivity contribution in [3.05, 3.63) is 47.0 Å². The summed E-state index contributed by atoms with van der Waals surface area (Å²) in [6.07, 6.45) is 2.19.